The first-order valence-electron chi connectivity index (χ1n) is 6.86. The summed E-state index contributed by atoms with van der Waals surface area (Å²) in [5.41, 5.74) is 0.139. The lowest BCUT2D eigenvalue weighted by Crippen LogP contribution is -2.34. The number of ether oxygens (including phenoxy) is 2. The molecule has 0 fully saturated rings. The van der Waals surface area contributed by atoms with E-state index in [1.807, 2.05) is 0 Å². The molecule has 1 aromatic carbocycles. The van der Waals surface area contributed by atoms with Gasteiger partial charge in [0.25, 0.3) is 0 Å². The largest absolute Gasteiger partial charge is 0.444 e. The third-order valence-electron chi connectivity index (χ3n) is 2.46. The molecule has 0 radical (unpaired) electrons. The van der Waals surface area contributed by atoms with E-state index in [2.05, 4.69) is 21.2 Å². The summed E-state index contributed by atoms with van der Waals surface area (Å²) in [6.45, 7) is 6.08. The minimum Gasteiger partial charge on any atom is -0.444 e. The van der Waals surface area contributed by atoms with Crippen molar-refractivity contribution >= 4 is 33.6 Å². The molecule has 0 aliphatic heterocycles. The van der Waals surface area contributed by atoms with E-state index >= 15 is 0 Å². The molecule has 0 bridgehead atoms. The Balaban J connectivity index is 2.25. The number of alkyl carbamates (subject to hydrolysis) is 1. The number of carbonyl (C=O) groups excluding carboxylic acids is 1. The van der Waals surface area contributed by atoms with Crippen LogP contribution in [-0.2, 0) is 9.47 Å². The summed E-state index contributed by atoms with van der Waals surface area (Å²) in [7, 11) is 0. The number of nitrogens with one attached hydrogen (secondary N) is 1. The van der Waals surface area contributed by atoms with E-state index in [1.165, 1.54) is 0 Å². The highest BCUT2D eigenvalue weighted by atomic mass is 79.9. The Morgan fingerprint density at radius 2 is 2.09 bits per heavy atom. The topological polar surface area (TPSA) is 67.8 Å². The maximum atomic E-state index is 11.4. The van der Waals surface area contributed by atoms with Crippen LogP contribution >= 0.6 is 27.5 Å². The quantitative estimate of drug-likeness (QED) is 0.722. The molecule has 0 heterocycles. The minimum absolute atomic E-state index is 0.114. The Bertz CT molecular complexity index is 485. The van der Waals surface area contributed by atoms with Crippen LogP contribution < -0.4 is 5.32 Å². The van der Waals surface area contributed by atoms with Crippen molar-refractivity contribution in [2.75, 3.05) is 19.8 Å². The molecule has 1 aromatic rings. The molecule has 0 aliphatic carbocycles. The molecule has 5 nitrogen and oxygen atoms in total. The van der Waals surface area contributed by atoms with Crippen molar-refractivity contribution in [2.24, 2.45) is 0 Å². The maximum absolute atomic E-state index is 11.4. The van der Waals surface area contributed by atoms with Gasteiger partial charge in [0.15, 0.2) is 0 Å². The molecule has 0 saturated heterocycles. The van der Waals surface area contributed by atoms with Gasteiger partial charge in [-0.05, 0) is 44.5 Å². The van der Waals surface area contributed by atoms with Gasteiger partial charge >= 0.3 is 6.09 Å². The number of aliphatic hydroxyl groups is 1. The fourth-order valence-corrected chi connectivity index (χ4v) is 2.48. The first-order valence-corrected chi connectivity index (χ1v) is 8.03. The summed E-state index contributed by atoms with van der Waals surface area (Å²) < 4.78 is 11.2. The monoisotopic (exact) mass is 393 g/mol. The van der Waals surface area contributed by atoms with Crippen LogP contribution in [0.3, 0.4) is 0 Å². The lowest BCUT2D eigenvalue weighted by molar-refractivity contribution is 0.0316. The van der Waals surface area contributed by atoms with Crippen LogP contribution in [-0.4, -0.2) is 36.6 Å². The zero-order valence-electron chi connectivity index (χ0n) is 12.9. The van der Waals surface area contributed by atoms with Crippen molar-refractivity contribution in [3.63, 3.8) is 0 Å². The van der Waals surface area contributed by atoms with Gasteiger partial charge in [-0.2, -0.15) is 0 Å². The van der Waals surface area contributed by atoms with Gasteiger partial charge in [0.05, 0.1) is 13.2 Å². The first kappa shape index (κ1) is 19.2. The zero-order valence-corrected chi connectivity index (χ0v) is 15.2. The highest BCUT2D eigenvalue weighted by Gasteiger charge is 2.15. The average Bonchev–Trinajstić information content (AvgIpc) is 2.34. The van der Waals surface area contributed by atoms with Gasteiger partial charge in [-0.3, -0.25) is 0 Å². The lowest BCUT2D eigenvalue weighted by atomic mass is 10.1. The number of halogens is 2. The molecule has 0 spiro atoms. The summed E-state index contributed by atoms with van der Waals surface area (Å²) in [5, 5.41) is 13.1. The molecule has 2 N–H and O–H groups in total. The van der Waals surface area contributed by atoms with Gasteiger partial charge in [0, 0.05) is 16.0 Å². The van der Waals surface area contributed by atoms with E-state index in [1.54, 1.807) is 39.0 Å². The van der Waals surface area contributed by atoms with Crippen molar-refractivity contribution in [1.29, 1.82) is 0 Å². The summed E-state index contributed by atoms with van der Waals surface area (Å²) in [6, 6.07) is 5.20. The molecule has 1 rings (SSSR count). The second kappa shape index (κ2) is 8.72. The summed E-state index contributed by atoms with van der Waals surface area (Å²) in [5.74, 6) is 0. The second-order valence-electron chi connectivity index (χ2n) is 5.72. The summed E-state index contributed by atoms with van der Waals surface area (Å²) in [4.78, 5) is 11.4. The van der Waals surface area contributed by atoms with Crippen LogP contribution in [0.5, 0.6) is 0 Å². The predicted octanol–water partition coefficient (Wildman–Crippen LogP) is 3.68. The third-order valence-corrected chi connectivity index (χ3v) is 3.14. The van der Waals surface area contributed by atoms with Gasteiger partial charge < -0.3 is 19.9 Å². The lowest BCUT2D eigenvalue weighted by Gasteiger charge is -2.19. The number of carbonyl (C=O) groups is 1. The third kappa shape index (κ3) is 7.98. The molecule has 1 amide bonds. The molecule has 1 atom stereocenters. The summed E-state index contributed by atoms with van der Waals surface area (Å²) in [6.07, 6.45) is -1.27. The van der Waals surface area contributed by atoms with E-state index in [4.69, 9.17) is 21.1 Å². The van der Waals surface area contributed by atoms with Crippen molar-refractivity contribution in [3.8, 4) is 0 Å². The van der Waals surface area contributed by atoms with Crippen molar-refractivity contribution in [1.82, 2.24) is 5.32 Å². The Labute approximate surface area is 144 Å². The number of benzene rings is 1. The van der Waals surface area contributed by atoms with Crippen LogP contribution in [0.2, 0.25) is 5.02 Å². The molecule has 0 saturated carbocycles. The molecular weight excluding hydrogens is 374 g/mol. The number of hydrogen-bond donors (Lipinski definition) is 2. The highest BCUT2D eigenvalue weighted by Crippen LogP contribution is 2.24. The van der Waals surface area contributed by atoms with Crippen molar-refractivity contribution in [2.45, 2.75) is 32.5 Å². The summed E-state index contributed by atoms with van der Waals surface area (Å²) >= 11 is 9.24. The molecule has 0 aliphatic rings. The average molecular weight is 395 g/mol. The van der Waals surface area contributed by atoms with Gasteiger partial charge in [0.2, 0.25) is 0 Å². The Kier molecular flexibility index (Phi) is 7.62. The van der Waals surface area contributed by atoms with E-state index in [9.17, 15) is 9.90 Å². The van der Waals surface area contributed by atoms with Gasteiger partial charge in [0.1, 0.15) is 11.7 Å². The van der Waals surface area contributed by atoms with E-state index in [0.717, 1.165) is 4.47 Å². The highest BCUT2D eigenvalue weighted by molar-refractivity contribution is 9.10. The smallest absolute Gasteiger partial charge is 0.407 e. The predicted molar refractivity (Wildman–Crippen MR) is 89.2 cm³/mol. The SMILES string of the molecule is CC(C)(C)OC(=O)NCCOC[C@@H](O)c1cc(Cl)cc(Br)c1. The Hall–Kier alpha value is -0.820. The fraction of sp³-hybridized carbons (Fsp3) is 0.533. The minimum atomic E-state index is -0.781. The fourth-order valence-electron chi connectivity index (χ4n) is 1.60. The molecule has 0 aromatic heterocycles. The van der Waals surface area contributed by atoms with Crippen molar-refractivity contribution < 1.29 is 19.4 Å². The van der Waals surface area contributed by atoms with Gasteiger partial charge in [-0.1, -0.05) is 27.5 Å². The maximum Gasteiger partial charge on any atom is 0.407 e. The molecule has 22 heavy (non-hydrogen) atoms. The van der Waals surface area contributed by atoms with Crippen LogP contribution in [0.4, 0.5) is 4.79 Å². The second-order valence-corrected chi connectivity index (χ2v) is 7.07. The normalized spacial score (nSPS) is 12.8. The number of aliphatic hydroxyl groups excluding tert-OH is 1. The standard InChI is InChI=1S/C15H21BrClNO4/c1-15(2,3)22-14(20)18-4-5-21-9-13(19)10-6-11(16)8-12(17)7-10/h6-8,13,19H,4-5,9H2,1-3H3,(H,18,20)/t13-/m1/s1. The van der Waals surface area contributed by atoms with Crippen LogP contribution in [0, 0.1) is 0 Å². The first-order chi connectivity index (χ1) is 10.2. The number of rotatable bonds is 6. The van der Waals surface area contributed by atoms with Crippen LogP contribution in [0.15, 0.2) is 22.7 Å². The van der Waals surface area contributed by atoms with Gasteiger partial charge in [-0.15, -0.1) is 0 Å². The molecular formula is C15H21BrClNO4. The van der Waals surface area contributed by atoms with E-state index < -0.39 is 17.8 Å². The van der Waals surface area contributed by atoms with Crippen LogP contribution in [0.1, 0.15) is 32.4 Å². The van der Waals surface area contributed by atoms with Gasteiger partial charge in [-0.25, -0.2) is 4.79 Å². The number of amides is 1. The molecule has 7 heteroatoms. The van der Waals surface area contributed by atoms with E-state index in [-0.39, 0.29) is 13.2 Å². The number of hydrogen-bond acceptors (Lipinski definition) is 4. The van der Waals surface area contributed by atoms with E-state index in [0.29, 0.717) is 17.1 Å². The van der Waals surface area contributed by atoms with Crippen molar-refractivity contribution in [3.05, 3.63) is 33.3 Å². The molecule has 0 unspecified atom stereocenters. The Morgan fingerprint density at radius 3 is 2.68 bits per heavy atom. The van der Waals surface area contributed by atoms with Crippen LogP contribution in [0.25, 0.3) is 0 Å². The molecule has 124 valence electrons. The zero-order chi connectivity index (χ0) is 16.8. The Morgan fingerprint density at radius 1 is 1.41 bits per heavy atom.